The number of aryl methyl sites for hydroxylation is 11. The molecule has 8 aromatic rings. The molecule has 4 aromatic carbocycles. The molecule has 4 heterocycles. The van der Waals surface area contributed by atoms with Crippen molar-refractivity contribution in [3.8, 4) is 45.0 Å². The molecule has 8 rings (SSSR count). The van der Waals surface area contributed by atoms with E-state index in [9.17, 15) is 0 Å². The van der Waals surface area contributed by atoms with Gasteiger partial charge in [0, 0.05) is 81.1 Å². The number of rotatable bonds is 10. The van der Waals surface area contributed by atoms with Crippen molar-refractivity contribution in [2.75, 3.05) is 0 Å². The predicted molar refractivity (Wildman–Crippen MR) is 384 cm³/mol. The molecule has 0 atom stereocenters. The highest BCUT2D eigenvalue weighted by atomic mass is 14.9. The van der Waals surface area contributed by atoms with E-state index < -0.39 is 42.2 Å². The summed E-state index contributed by atoms with van der Waals surface area (Å²) in [5.74, 6) is 0. The maximum atomic E-state index is 8.92. The van der Waals surface area contributed by atoms with Crippen molar-refractivity contribution >= 4 is 0 Å². The quantitative estimate of drug-likeness (QED) is 0.121. The molecule has 89 heavy (non-hydrogen) atoms. The Kier molecular flexibility index (Phi) is 20.0. The van der Waals surface area contributed by atoms with Crippen LogP contribution < -0.4 is 18.3 Å². The fourth-order valence-corrected chi connectivity index (χ4v) is 11.3. The second-order valence-electron chi connectivity index (χ2n) is 32.1. The fourth-order valence-electron chi connectivity index (χ4n) is 11.3. The number of pyridine rings is 4. The summed E-state index contributed by atoms with van der Waals surface area (Å²) in [5.41, 5.74) is 21.3. The van der Waals surface area contributed by atoms with Gasteiger partial charge in [-0.2, -0.15) is 0 Å². The van der Waals surface area contributed by atoms with Crippen molar-refractivity contribution in [3.63, 3.8) is 0 Å². The van der Waals surface area contributed by atoms with E-state index in [1.807, 2.05) is 155 Å². The largest absolute Gasteiger partial charge is 0.212 e. The molecule has 0 saturated heterocycles. The van der Waals surface area contributed by atoms with E-state index in [2.05, 4.69) is 179 Å². The average molecular weight is 1210 g/mol. The first-order valence-electron chi connectivity index (χ1n) is 36.8. The number of benzene rings is 4. The van der Waals surface area contributed by atoms with Gasteiger partial charge in [0.1, 0.15) is 28.2 Å². The van der Waals surface area contributed by atoms with Gasteiger partial charge in [-0.3, -0.25) is 0 Å². The Balaban J connectivity index is 0.000000237. The highest BCUT2D eigenvalue weighted by Gasteiger charge is 2.27. The smallest absolute Gasteiger partial charge is 0.201 e. The molecule has 0 amide bonds. The van der Waals surface area contributed by atoms with E-state index in [0.29, 0.717) is 33.1 Å². The number of hydrogen-bond acceptors (Lipinski definition) is 0. The third kappa shape index (κ3) is 23.0. The zero-order valence-electron chi connectivity index (χ0n) is 69.7. The monoisotopic (exact) mass is 1210 g/mol. The van der Waals surface area contributed by atoms with Crippen LogP contribution in [-0.4, -0.2) is 0 Å². The first-order valence-corrected chi connectivity index (χ1v) is 32.3. The van der Waals surface area contributed by atoms with E-state index in [1.165, 1.54) is 55.9 Å². The summed E-state index contributed by atoms with van der Waals surface area (Å²) in [6.45, 7) is 48.1. The van der Waals surface area contributed by atoms with Crippen LogP contribution in [0.15, 0.2) is 140 Å². The van der Waals surface area contributed by atoms with Crippen LogP contribution in [0.5, 0.6) is 0 Å². The van der Waals surface area contributed by atoms with Crippen LogP contribution in [0.2, 0.25) is 0 Å². The third-order valence-electron chi connectivity index (χ3n) is 15.3. The minimum Gasteiger partial charge on any atom is -0.201 e. The van der Waals surface area contributed by atoms with E-state index in [-0.39, 0.29) is 5.41 Å². The Hall–Kier alpha value is -6.52. The highest BCUT2D eigenvalue weighted by Crippen LogP contribution is 2.34. The highest BCUT2D eigenvalue weighted by molar-refractivity contribution is 5.65. The topological polar surface area (TPSA) is 15.5 Å². The van der Waals surface area contributed by atoms with Crippen molar-refractivity contribution in [3.05, 3.63) is 212 Å². The summed E-state index contributed by atoms with van der Waals surface area (Å²) in [4.78, 5) is 0. The zero-order chi connectivity index (χ0) is 74.8. The van der Waals surface area contributed by atoms with Crippen molar-refractivity contribution in [2.45, 2.75) is 211 Å². The lowest BCUT2D eigenvalue weighted by Gasteiger charge is -2.24. The van der Waals surface area contributed by atoms with Gasteiger partial charge in [0.05, 0.1) is 0 Å². The van der Waals surface area contributed by atoms with Crippen LogP contribution in [0.25, 0.3) is 45.0 Å². The van der Waals surface area contributed by atoms with Gasteiger partial charge in [-0.05, 0) is 188 Å². The summed E-state index contributed by atoms with van der Waals surface area (Å²) in [6, 6.07) is 39.1. The van der Waals surface area contributed by atoms with E-state index in [1.54, 1.807) is 18.3 Å². The standard InChI is InChI=1S/2C23H34N.C20H28N.C19H26N/c2*1-17-11-9-10-12-20(17)21-13-18(14-22(2,3)4)19(16-24(21)8)15-23(5,6)7;1-14-8-9-18(16(3)10-14)19-11-15(2)17(13-21(19)7)12-20(4,5)6;1-14-9-7-8-10-17(14)18-11-15(2)16(13-20(18)6)12-19(3,4)5/h2*9-13,16H,14-15H2,1-8H3;8-11,13H,12H2,1-7H3;7-11,13H,12H2,1-6H3/q4*+1/i14D2,15D2;;1D3,12D2;. The van der Waals surface area contributed by atoms with Gasteiger partial charge in [-0.25, -0.2) is 18.3 Å². The Labute approximate surface area is 557 Å². The molecule has 4 heteroatoms. The molecule has 0 fully saturated rings. The van der Waals surface area contributed by atoms with Crippen molar-refractivity contribution < 1.29 is 30.6 Å². The van der Waals surface area contributed by atoms with Crippen molar-refractivity contribution in [1.82, 2.24) is 0 Å². The lowest BCUT2D eigenvalue weighted by molar-refractivity contribution is -0.661. The average Bonchev–Trinajstić information content (AvgIpc) is 0.741. The fraction of sp³-hybridized carbons (Fsp3) is 0.482. The van der Waals surface area contributed by atoms with Crippen LogP contribution in [-0.2, 0) is 66.6 Å². The van der Waals surface area contributed by atoms with Crippen LogP contribution in [0.4, 0.5) is 0 Å². The molecule has 0 radical (unpaired) electrons. The van der Waals surface area contributed by atoms with Crippen LogP contribution in [0.3, 0.4) is 0 Å². The molecule has 0 aliphatic heterocycles. The second-order valence-corrected chi connectivity index (χ2v) is 32.1. The molecule has 0 N–H and O–H groups in total. The number of nitrogens with zero attached hydrogens (tertiary/aromatic N) is 4. The third-order valence-corrected chi connectivity index (χ3v) is 15.3. The zero-order valence-corrected chi connectivity index (χ0v) is 60.7. The first-order chi connectivity index (χ1) is 44.4. The Morgan fingerprint density at radius 1 is 0.292 bits per heavy atom. The molecule has 0 unspecified atom stereocenters. The SMILES string of the molecule is Cc1cc(-c2ccccc2C)[n+](C)cc1CC(C)(C)C.Cc1ccccc1-c1cc(CC(C)(C)C)c(CC(C)(C)C)c[n+]1C.[2H]C([2H])([2H])c1ccc(-c2cc(C)c(C([2H])([2H])C(C)(C)C)c[n+]2C)c(C)c1.[2H]C([2H])(c1cc(-c2ccccc2C)[n+](C)cc1C([2H])([2H])C(C)(C)C)C(C)(C)C. The number of hydrogen-bond donors (Lipinski definition) is 0. The molecule has 0 aliphatic rings. The van der Waals surface area contributed by atoms with Gasteiger partial charge in [0.25, 0.3) is 0 Å². The molecular weight excluding hydrogens is 1080 g/mol. The predicted octanol–water partition coefficient (Wildman–Crippen LogP) is 20.4. The molecule has 0 saturated carbocycles. The summed E-state index contributed by atoms with van der Waals surface area (Å²) >= 11 is 0. The molecule has 4 aromatic heterocycles. The normalized spacial score (nSPS) is 14.3. The van der Waals surface area contributed by atoms with Gasteiger partial charge in [0.2, 0.25) is 22.8 Å². The molecule has 0 aliphatic carbocycles. The minimum absolute atomic E-state index is 0.287. The Morgan fingerprint density at radius 3 is 0.978 bits per heavy atom. The summed E-state index contributed by atoms with van der Waals surface area (Å²) in [6.07, 6.45) is 6.76. The first kappa shape index (κ1) is 60.1. The van der Waals surface area contributed by atoms with Crippen LogP contribution in [0, 0.1) is 80.9 Å². The lowest BCUT2D eigenvalue weighted by atomic mass is 9.81. The van der Waals surface area contributed by atoms with Crippen LogP contribution in [0.1, 0.15) is 209 Å². The van der Waals surface area contributed by atoms with E-state index in [4.69, 9.17) is 12.3 Å². The van der Waals surface area contributed by atoms with Crippen LogP contribution >= 0.6 is 0 Å². The van der Waals surface area contributed by atoms with E-state index in [0.717, 1.165) is 58.5 Å². The van der Waals surface area contributed by atoms with Gasteiger partial charge in [-0.15, -0.1) is 0 Å². The van der Waals surface area contributed by atoms with Crippen molar-refractivity contribution in [1.29, 1.82) is 0 Å². The lowest BCUT2D eigenvalue weighted by Crippen LogP contribution is -2.33. The van der Waals surface area contributed by atoms with Gasteiger partial charge in [0.15, 0.2) is 24.8 Å². The Morgan fingerprint density at radius 2 is 0.596 bits per heavy atom. The molecule has 0 spiro atoms. The summed E-state index contributed by atoms with van der Waals surface area (Å²) < 4.78 is 83.7. The van der Waals surface area contributed by atoms with Crippen molar-refractivity contribution in [2.24, 2.45) is 60.7 Å². The van der Waals surface area contributed by atoms with Gasteiger partial charge >= 0.3 is 0 Å². The maximum Gasteiger partial charge on any atom is 0.212 e. The van der Waals surface area contributed by atoms with Gasteiger partial charge < -0.3 is 0 Å². The maximum absolute atomic E-state index is 8.92. The summed E-state index contributed by atoms with van der Waals surface area (Å²) in [5, 5.41) is 0. The Bertz CT molecular complexity index is 4090. The van der Waals surface area contributed by atoms with Gasteiger partial charge in [-0.1, -0.05) is 197 Å². The molecule has 478 valence electrons. The molecule has 4 nitrogen and oxygen atoms in total. The number of aromatic nitrogens is 4. The summed E-state index contributed by atoms with van der Waals surface area (Å²) in [7, 11) is 8.12. The second kappa shape index (κ2) is 29.6. The van der Waals surface area contributed by atoms with E-state index >= 15 is 0 Å². The minimum atomic E-state index is -2.12. The molecular formula is C85H122N4+4. The molecule has 0 bridgehead atoms.